The summed E-state index contributed by atoms with van der Waals surface area (Å²) in [6.45, 7) is 5.30. The average molecular weight is 390 g/mol. The summed E-state index contributed by atoms with van der Waals surface area (Å²) in [6.07, 6.45) is 6.69. The molecule has 5 rings (SSSR count). The number of carbonyl (C=O) groups is 1. The SMILES string of the molecule is Cc1ccc2nc(C3=Cc4cc(F)c(N5CCNCC5)cc4CCC3=O)cn2c1. The minimum atomic E-state index is -0.235. The fraction of sp³-hybridized carbons (Fsp3) is 0.304. The van der Waals surface area contributed by atoms with Crippen molar-refractivity contribution < 1.29 is 9.18 Å². The molecule has 5 nitrogen and oxygen atoms in total. The Morgan fingerprint density at radius 2 is 1.93 bits per heavy atom. The number of piperazine rings is 1. The second kappa shape index (κ2) is 7.12. The first kappa shape index (κ1) is 18.1. The summed E-state index contributed by atoms with van der Waals surface area (Å²) < 4.78 is 16.9. The molecule has 3 heterocycles. The van der Waals surface area contributed by atoms with Gasteiger partial charge in [-0.2, -0.15) is 0 Å². The van der Waals surface area contributed by atoms with E-state index < -0.39 is 0 Å². The van der Waals surface area contributed by atoms with Crippen LogP contribution >= 0.6 is 0 Å². The Morgan fingerprint density at radius 1 is 1.10 bits per heavy atom. The van der Waals surface area contributed by atoms with Crippen molar-refractivity contribution >= 4 is 28.8 Å². The van der Waals surface area contributed by atoms with E-state index in [0.717, 1.165) is 48.5 Å². The van der Waals surface area contributed by atoms with Gasteiger partial charge in [0, 0.05) is 50.6 Å². The lowest BCUT2D eigenvalue weighted by molar-refractivity contribution is -0.113. The van der Waals surface area contributed by atoms with Crippen molar-refractivity contribution in [3.05, 3.63) is 64.9 Å². The quantitative estimate of drug-likeness (QED) is 0.730. The molecule has 0 saturated carbocycles. The van der Waals surface area contributed by atoms with Gasteiger partial charge >= 0.3 is 0 Å². The van der Waals surface area contributed by atoms with Crippen LogP contribution < -0.4 is 10.2 Å². The van der Waals surface area contributed by atoms with Crippen molar-refractivity contribution in [2.75, 3.05) is 31.1 Å². The molecule has 0 radical (unpaired) electrons. The molecule has 0 unspecified atom stereocenters. The zero-order valence-electron chi connectivity index (χ0n) is 16.4. The Labute approximate surface area is 168 Å². The standard InChI is InChI=1S/C23H23FN4O/c1-15-2-5-23-26-20(14-28(23)13-15)18-10-17-11-19(24)21(27-8-6-25-7-9-27)12-16(17)3-4-22(18)29/h2,5,10-14,25H,3-4,6-9H2,1H3. The first-order valence-corrected chi connectivity index (χ1v) is 10.1. The fourth-order valence-corrected chi connectivity index (χ4v) is 4.19. The van der Waals surface area contributed by atoms with E-state index in [4.69, 9.17) is 0 Å². The molecule has 2 aromatic heterocycles. The van der Waals surface area contributed by atoms with Gasteiger partial charge in [0.15, 0.2) is 5.78 Å². The molecule has 3 aromatic rings. The molecule has 2 aliphatic rings. The third-order valence-electron chi connectivity index (χ3n) is 5.76. The summed E-state index contributed by atoms with van der Waals surface area (Å²) >= 11 is 0. The van der Waals surface area contributed by atoms with Crippen LogP contribution in [0.3, 0.4) is 0 Å². The number of Topliss-reactive ketones (excluding diaryl/α,β-unsaturated/α-hetero) is 1. The summed E-state index contributed by atoms with van der Waals surface area (Å²) in [5.74, 6) is -0.188. The summed E-state index contributed by atoms with van der Waals surface area (Å²) in [5, 5.41) is 3.29. The van der Waals surface area contributed by atoms with E-state index >= 15 is 0 Å². The van der Waals surface area contributed by atoms with Gasteiger partial charge in [0.05, 0.1) is 11.4 Å². The molecule has 1 aliphatic carbocycles. The first-order valence-electron chi connectivity index (χ1n) is 10.1. The van der Waals surface area contributed by atoms with E-state index in [1.165, 1.54) is 0 Å². The molecular weight excluding hydrogens is 367 g/mol. The maximum absolute atomic E-state index is 14.9. The number of aromatic nitrogens is 2. The second-order valence-corrected chi connectivity index (χ2v) is 7.82. The maximum Gasteiger partial charge on any atom is 0.165 e. The van der Waals surface area contributed by atoms with Crippen LogP contribution in [0.4, 0.5) is 10.1 Å². The van der Waals surface area contributed by atoms with Crippen LogP contribution in [0.5, 0.6) is 0 Å². The van der Waals surface area contributed by atoms with Gasteiger partial charge in [-0.1, -0.05) is 6.07 Å². The Bertz CT molecular complexity index is 1140. The molecule has 1 saturated heterocycles. The van der Waals surface area contributed by atoms with Gasteiger partial charge in [0.1, 0.15) is 11.5 Å². The number of allylic oxidation sites excluding steroid dienone is 1. The number of fused-ring (bicyclic) bond motifs is 2. The molecule has 1 aromatic carbocycles. The molecule has 0 atom stereocenters. The highest BCUT2D eigenvalue weighted by atomic mass is 19.1. The molecule has 0 amide bonds. The number of hydrogen-bond acceptors (Lipinski definition) is 4. The molecule has 1 fully saturated rings. The summed E-state index contributed by atoms with van der Waals surface area (Å²) in [6, 6.07) is 7.44. The van der Waals surface area contributed by atoms with E-state index in [1.54, 1.807) is 6.07 Å². The molecule has 1 aliphatic heterocycles. The van der Waals surface area contributed by atoms with E-state index in [0.29, 0.717) is 29.8 Å². The number of halogens is 1. The zero-order valence-corrected chi connectivity index (χ0v) is 16.4. The maximum atomic E-state index is 14.9. The van der Waals surface area contributed by atoms with Gasteiger partial charge in [-0.15, -0.1) is 0 Å². The minimum absolute atomic E-state index is 0.0467. The molecule has 1 N–H and O–H groups in total. The van der Waals surface area contributed by atoms with Crippen LogP contribution in [0.25, 0.3) is 17.3 Å². The lowest BCUT2D eigenvalue weighted by Gasteiger charge is -2.30. The number of benzene rings is 1. The monoisotopic (exact) mass is 390 g/mol. The third kappa shape index (κ3) is 3.34. The molecule has 29 heavy (non-hydrogen) atoms. The molecule has 0 spiro atoms. The van der Waals surface area contributed by atoms with E-state index in [-0.39, 0.29) is 11.6 Å². The molecule has 6 heteroatoms. The van der Waals surface area contributed by atoms with Gasteiger partial charge < -0.3 is 14.6 Å². The van der Waals surface area contributed by atoms with Crippen LogP contribution in [-0.2, 0) is 11.2 Å². The number of nitrogens with zero attached hydrogens (tertiary/aromatic N) is 3. The van der Waals surface area contributed by atoms with E-state index in [2.05, 4.69) is 15.2 Å². The number of imidazole rings is 1. The second-order valence-electron chi connectivity index (χ2n) is 7.82. The smallest absolute Gasteiger partial charge is 0.165 e. The minimum Gasteiger partial charge on any atom is -0.367 e. The highest BCUT2D eigenvalue weighted by Crippen LogP contribution is 2.32. The van der Waals surface area contributed by atoms with Gasteiger partial charge in [0.2, 0.25) is 0 Å². The largest absolute Gasteiger partial charge is 0.367 e. The fourth-order valence-electron chi connectivity index (χ4n) is 4.19. The first-order chi connectivity index (χ1) is 14.1. The van der Waals surface area contributed by atoms with Crippen molar-refractivity contribution in [1.29, 1.82) is 0 Å². The number of anilines is 1. The number of hydrogen-bond donors (Lipinski definition) is 1. The zero-order chi connectivity index (χ0) is 20.0. The number of carbonyl (C=O) groups excluding carboxylic acids is 1. The highest BCUT2D eigenvalue weighted by molar-refractivity contribution is 6.25. The third-order valence-corrected chi connectivity index (χ3v) is 5.76. The number of nitrogens with one attached hydrogen (secondary N) is 1. The van der Waals surface area contributed by atoms with Gasteiger partial charge in [-0.3, -0.25) is 4.79 Å². The number of aryl methyl sites for hydroxylation is 2. The molecular formula is C23H23FN4O. The van der Waals surface area contributed by atoms with Crippen molar-refractivity contribution in [2.24, 2.45) is 0 Å². The summed E-state index contributed by atoms with van der Waals surface area (Å²) in [5.41, 5.74) is 5.54. The Hall–Kier alpha value is -2.99. The lowest BCUT2D eigenvalue weighted by Crippen LogP contribution is -2.43. The lowest BCUT2D eigenvalue weighted by atomic mass is 10.0. The van der Waals surface area contributed by atoms with Crippen molar-refractivity contribution in [1.82, 2.24) is 14.7 Å². The van der Waals surface area contributed by atoms with Crippen LogP contribution in [0.2, 0.25) is 0 Å². The predicted octanol–water partition coefficient (Wildman–Crippen LogP) is 3.25. The van der Waals surface area contributed by atoms with Gasteiger partial charge in [0.25, 0.3) is 0 Å². The van der Waals surface area contributed by atoms with Gasteiger partial charge in [-0.25, -0.2) is 9.37 Å². The van der Waals surface area contributed by atoms with Crippen LogP contribution in [0.1, 0.15) is 28.8 Å². The Kier molecular flexibility index (Phi) is 4.43. The summed E-state index contributed by atoms with van der Waals surface area (Å²) in [4.78, 5) is 19.6. The van der Waals surface area contributed by atoms with Crippen LogP contribution in [0.15, 0.2) is 36.7 Å². The summed E-state index contributed by atoms with van der Waals surface area (Å²) in [7, 11) is 0. The normalized spacial score (nSPS) is 17.2. The Morgan fingerprint density at radius 3 is 2.76 bits per heavy atom. The van der Waals surface area contributed by atoms with Crippen molar-refractivity contribution in [2.45, 2.75) is 19.8 Å². The highest BCUT2D eigenvalue weighted by Gasteiger charge is 2.23. The molecule has 0 bridgehead atoms. The van der Waals surface area contributed by atoms with Crippen LogP contribution in [-0.4, -0.2) is 41.3 Å². The number of ketones is 1. The number of pyridine rings is 1. The number of rotatable bonds is 2. The molecule has 148 valence electrons. The van der Waals surface area contributed by atoms with E-state index in [9.17, 15) is 9.18 Å². The topological polar surface area (TPSA) is 49.6 Å². The van der Waals surface area contributed by atoms with E-state index in [1.807, 2.05) is 48.0 Å². The van der Waals surface area contributed by atoms with Gasteiger partial charge in [-0.05, 0) is 54.3 Å². The predicted molar refractivity (Wildman–Crippen MR) is 113 cm³/mol. The van der Waals surface area contributed by atoms with Crippen molar-refractivity contribution in [3.8, 4) is 0 Å². The van der Waals surface area contributed by atoms with Crippen molar-refractivity contribution in [3.63, 3.8) is 0 Å². The Balaban J connectivity index is 1.57. The van der Waals surface area contributed by atoms with Crippen LogP contribution in [0, 0.1) is 12.7 Å². The average Bonchev–Trinajstić information content (AvgIpc) is 3.07.